The highest BCUT2D eigenvalue weighted by Crippen LogP contribution is 2.28. The molecule has 0 spiro atoms. The molecule has 0 N–H and O–H groups in total. The molecule has 88 valence electrons. The third kappa shape index (κ3) is 3.74. The Kier molecular flexibility index (Phi) is 4.96. The number of hydrogen-bond acceptors (Lipinski definition) is 1. The van der Waals surface area contributed by atoms with Gasteiger partial charge in [-0.05, 0) is 50.5 Å². The van der Waals surface area contributed by atoms with Gasteiger partial charge in [-0.15, -0.1) is 0 Å². The molecular formula is C13H24BrN. The molecular weight excluding hydrogens is 250 g/mol. The summed E-state index contributed by atoms with van der Waals surface area (Å²) in [5.74, 6) is 2.01. The number of alkyl halides is 1. The fourth-order valence-corrected chi connectivity index (χ4v) is 3.91. The van der Waals surface area contributed by atoms with E-state index in [2.05, 4.69) is 20.8 Å². The van der Waals surface area contributed by atoms with Crippen LogP contribution >= 0.6 is 15.9 Å². The van der Waals surface area contributed by atoms with Gasteiger partial charge in [0.15, 0.2) is 0 Å². The molecule has 0 radical (unpaired) electrons. The van der Waals surface area contributed by atoms with E-state index in [4.69, 9.17) is 0 Å². The van der Waals surface area contributed by atoms with E-state index in [1.165, 1.54) is 69.9 Å². The van der Waals surface area contributed by atoms with Crippen LogP contribution in [0.5, 0.6) is 0 Å². The molecule has 0 bridgehead atoms. The molecule has 1 unspecified atom stereocenters. The maximum atomic E-state index is 3.57. The monoisotopic (exact) mass is 273 g/mol. The second-order valence-electron chi connectivity index (χ2n) is 5.40. The van der Waals surface area contributed by atoms with Crippen molar-refractivity contribution in [1.29, 1.82) is 0 Å². The second-order valence-corrected chi connectivity index (χ2v) is 6.19. The highest BCUT2D eigenvalue weighted by Gasteiger charge is 2.23. The number of halogens is 1. The molecule has 1 aliphatic heterocycles. The Balaban J connectivity index is 1.71. The molecule has 2 heteroatoms. The van der Waals surface area contributed by atoms with E-state index in [1.807, 2.05) is 0 Å². The van der Waals surface area contributed by atoms with Crippen LogP contribution in [0.1, 0.15) is 44.9 Å². The lowest BCUT2D eigenvalue weighted by molar-refractivity contribution is 0.150. The summed E-state index contributed by atoms with van der Waals surface area (Å²) < 4.78 is 0. The highest BCUT2D eigenvalue weighted by atomic mass is 79.9. The zero-order valence-electron chi connectivity index (χ0n) is 9.76. The van der Waals surface area contributed by atoms with Gasteiger partial charge < -0.3 is 4.90 Å². The Bertz CT molecular complexity index is 175. The summed E-state index contributed by atoms with van der Waals surface area (Å²) in [6.07, 6.45) is 10.3. The Labute approximate surface area is 103 Å². The highest BCUT2D eigenvalue weighted by molar-refractivity contribution is 9.09. The van der Waals surface area contributed by atoms with Gasteiger partial charge in [-0.2, -0.15) is 0 Å². The van der Waals surface area contributed by atoms with Crippen LogP contribution < -0.4 is 0 Å². The first-order valence-electron chi connectivity index (χ1n) is 6.67. The van der Waals surface area contributed by atoms with Crippen LogP contribution in [0.2, 0.25) is 0 Å². The van der Waals surface area contributed by atoms with Gasteiger partial charge in [0.1, 0.15) is 0 Å². The van der Waals surface area contributed by atoms with Crippen LogP contribution in [-0.2, 0) is 0 Å². The molecule has 0 aromatic heterocycles. The van der Waals surface area contributed by atoms with Crippen molar-refractivity contribution in [2.24, 2.45) is 11.8 Å². The predicted octanol–water partition coefficient (Wildman–Crippen LogP) is 3.67. The average Bonchev–Trinajstić information content (AvgIpc) is 2.71. The minimum Gasteiger partial charge on any atom is -0.303 e. The third-order valence-electron chi connectivity index (χ3n) is 4.11. The normalized spacial score (nSPS) is 29.8. The van der Waals surface area contributed by atoms with Crippen molar-refractivity contribution in [3.8, 4) is 0 Å². The molecule has 0 amide bonds. The van der Waals surface area contributed by atoms with Gasteiger partial charge in [0.25, 0.3) is 0 Å². The summed E-state index contributed by atoms with van der Waals surface area (Å²) >= 11 is 3.57. The summed E-state index contributed by atoms with van der Waals surface area (Å²) in [4.78, 5) is 2.74. The number of nitrogens with zero attached hydrogens (tertiary/aromatic N) is 1. The molecule has 2 aliphatic rings. The van der Waals surface area contributed by atoms with Gasteiger partial charge in [-0.25, -0.2) is 0 Å². The van der Waals surface area contributed by atoms with Crippen molar-refractivity contribution in [3.05, 3.63) is 0 Å². The number of piperidine rings is 1. The minimum atomic E-state index is 0.972. The lowest BCUT2D eigenvalue weighted by Crippen LogP contribution is -2.38. The van der Waals surface area contributed by atoms with Crippen LogP contribution in [0.15, 0.2) is 0 Å². The molecule has 15 heavy (non-hydrogen) atoms. The zero-order chi connectivity index (χ0) is 10.5. The van der Waals surface area contributed by atoms with Crippen molar-refractivity contribution >= 4 is 15.9 Å². The summed E-state index contributed by atoms with van der Waals surface area (Å²) in [5, 5.41) is 1.19. The molecule has 1 nitrogen and oxygen atoms in total. The minimum absolute atomic E-state index is 0.972. The molecule has 1 atom stereocenters. The van der Waals surface area contributed by atoms with E-state index in [-0.39, 0.29) is 0 Å². The van der Waals surface area contributed by atoms with Crippen molar-refractivity contribution < 1.29 is 0 Å². The largest absolute Gasteiger partial charge is 0.303 e. The predicted molar refractivity (Wildman–Crippen MR) is 69.5 cm³/mol. The van der Waals surface area contributed by atoms with Crippen molar-refractivity contribution in [3.63, 3.8) is 0 Å². The first-order chi connectivity index (χ1) is 7.38. The van der Waals surface area contributed by atoms with Crippen LogP contribution in [0, 0.1) is 11.8 Å². The lowest BCUT2D eigenvalue weighted by atomic mass is 9.94. The van der Waals surface area contributed by atoms with Gasteiger partial charge in [-0.1, -0.05) is 28.8 Å². The number of likely N-dealkylation sites (tertiary alicyclic amines) is 1. The van der Waals surface area contributed by atoms with Gasteiger partial charge in [0.2, 0.25) is 0 Å². The van der Waals surface area contributed by atoms with Crippen molar-refractivity contribution in [2.75, 3.05) is 25.0 Å². The maximum absolute atomic E-state index is 3.57. The average molecular weight is 274 g/mol. The van der Waals surface area contributed by atoms with Crippen molar-refractivity contribution in [2.45, 2.75) is 44.9 Å². The molecule has 2 rings (SSSR count). The zero-order valence-corrected chi connectivity index (χ0v) is 11.3. The Morgan fingerprint density at radius 1 is 1.00 bits per heavy atom. The second kappa shape index (κ2) is 6.24. The van der Waals surface area contributed by atoms with E-state index in [0.29, 0.717) is 0 Å². The van der Waals surface area contributed by atoms with Crippen molar-refractivity contribution in [1.82, 2.24) is 4.90 Å². The molecule has 2 fully saturated rings. The van der Waals surface area contributed by atoms with Crippen LogP contribution in [0.25, 0.3) is 0 Å². The smallest absolute Gasteiger partial charge is 0.00344 e. The van der Waals surface area contributed by atoms with Gasteiger partial charge in [0.05, 0.1) is 0 Å². The standard InChI is InChI=1S/C13H24BrN/c14-8-7-13-6-3-9-15(11-13)10-12-4-1-2-5-12/h12-13H,1-11H2. The van der Waals surface area contributed by atoms with Crippen LogP contribution in [0.4, 0.5) is 0 Å². The van der Waals surface area contributed by atoms with Crippen LogP contribution in [0.3, 0.4) is 0 Å². The summed E-state index contributed by atoms with van der Waals surface area (Å²) in [6, 6.07) is 0. The van der Waals surface area contributed by atoms with E-state index in [9.17, 15) is 0 Å². The Morgan fingerprint density at radius 2 is 1.73 bits per heavy atom. The SMILES string of the molecule is BrCCC1CCCN(CC2CCCC2)C1. The third-order valence-corrected chi connectivity index (χ3v) is 4.57. The van der Waals surface area contributed by atoms with E-state index < -0.39 is 0 Å². The topological polar surface area (TPSA) is 3.24 Å². The Morgan fingerprint density at radius 3 is 2.47 bits per heavy atom. The summed E-state index contributed by atoms with van der Waals surface area (Å²) in [6.45, 7) is 4.15. The molecule has 1 saturated heterocycles. The fourth-order valence-electron chi connectivity index (χ4n) is 3.27. The molecule has 0 aromatic rings. The molecule has 1 heterocycles. The molecule has 0 aromatic carbocycles. The molecule has 1 saturated carbocycles. The first-order valence-corrected chi connectivity index (χ1v) is 7.79. The van der Waals surface area contributed by atoms with Gasteiger partial charge in [-0.3, -0.25) is 0 Å². The fraction of sp³-hybridized carbons (Fsp3) is 1.00. The summed E-state index contributed by atoms with van der Waals surface area (Å²) in [7, 11) is 0. The van der Waals surface area contributed by atoms with E-state index in [1.54, 1.807) is 0 Å². The number of rotatable bonds is 4. The first kappa shape index (κ1) is 11.9. The van der Waals surface area contributed by atoms with E-state index in [0.717, 1.165) is 11.8 Å². The molecule has 1 aliphatic carbocycles. The summed E-state index contributed by atoms with van der Waals surface area (Å²) in [5.41, 5.74) is 0. The van der Waals surface area contributed by atoms with E-state index >= 15 is 0 Å². The van der Waals surface area contributed by atoms with Gasteiger partial charge >= 0.3 is 0 Å². The number of hydrogen-bond donors (Lipinski definition) is 0. The Hall–Kier alpha value is 0.440. The maximum Gasteiger partial charge on any atom is 0.00344 e. The van der Waals surface area contributed by atoms with Gasteiger partial charge in [0, 0.05) is 18.4 Å². The van der Waals surface area contributed by atoms with Crippen LogP contribution in [-0.4, -0.2) is 29.9 Å². The quantitative estimate of drug-likeness (QED) is 0.707. The lowest BCUT2D eigenvalue weighted by Gasteiger charge is -2.34.